The molecule has 1 aliphatic rings. The number of hydrogen-bond donors (Lipinski definition) is 3. The van der Waals surface area contributed by atoms with E-state index in [1.807, 2.05) is 30.3 Å². The highest BCUT2D eigenvalue weighted by molar-refractivity contribution is 5.83. The zero-order valence-electron chi connectivity index (χ0n) is 11.8. The van der Waals surface area contributed by atoms with E-state index in [1.54, 1.807) is 0 Å². The van der Waals surface area contributed by atoms with Gasteiger partial charge in [-0.1, -0.05) is 49.6 Å². The van der Waals surface area contributed by atoms with Crippen LogP contribution in [-0.4, -0.2) is 24.2 Å². The Morgan fingerprint density at radius 2 is 1.90 bits per heavy atom. The van der Waals surface area contributed by atoms with Crippen LogP contribution in [0.25, 0.3) is 0 Å². The van der Waals surface area contributed by atoms with Crippen LogP contribution >= 0.6 is 0 Å². The van der Waals surface area contributed by atoms with Crippen molar-refractivity contribution in [3.05, 3.63) is 35.9 Å². The van der Waals surface area contributed by atoms with Crippen LogP contribution in [0.15, 0.2) is 30.3 Å². The van der Waals surface area contributed by atoms with Gasteiger partial charge in [0, 0.05) is 6.54 Å². The number of carbonyl (C=O) groups is 1. The van der Waals surface area contributed by atoms with Crippen LogP contribution in [0.2, 0.25) is 0 Å². The molecule has 1 aromatic carbocycles. The molecular weight excluding hydrogens is 252 g/mol. The number of aliphatic hydroxyl groups excluding tert-OH is 1. The molecule has 4 nitrogen and oxygen atoms in total. The standard InChI is InChI=1S/C16H24N2O2/c17-12-16(9-5-2-6-10-16)15(20)18-14(11-19)13-7-3-1-4-8-13/h1,3-4,7-8,14,19H,2,5-6,9-12,17H2,(H,18,20)/t14-/m0/s1. The summed E-state index contributed by atoms with van der Waals surface area (Å²) >= 11 is 0. The molecule has 1 aromatic rings. The zero-order valence-corrected chi connectivity index (χ0v) is 11.8. The predicted molar refractivity (Wildman–Crippen MR) is 79.0 cm³/mol. The molecule has 0 bridgehead atoms. The molecule has 0 radical (unpaired) electrons. The molecule has 1 fully saturated rings. The Bertz CT molecular complexity index is 427. The minimum atomic E-state index is -0.444. The molecule has 20 heavy (non-hydrogen) atoms. The summed E-state index contributed by atoms with van der Waals surface area (Å²) in [4.78, 5) is 12.6. The zero-order chi connectivity index (χ0) is 14.4. The van der Waals surface area contributed by atoms with Crippen LogP contribution in [0.3, 0.4) is 0 Å². The van der Waals surface area contributed by atoms with Crippen LogP contribution < -0.4 is 11.1 Å². The average Bonchev–Trinajstić information content (AvgIpc) is 2.53. The quantitative estimate of drug-likeness (QED) is 0.767. The molecule has 0 spiro atoms. The second kappa shape index (κ2) is 6.86. The van der Waals surface area contributed by atoms with Crippen molar-refractivity contribution in [3.8, 4) is 0 Å². The lowest BCUT2D eigenvalue weighted by Crippen LogP contribution is -2.48. The van der Waals surface area contributed by atoms with Gasteiger partial charge < -0.3 is 16.2 Å². The lowest BCUT2D eigenvalue weighted by atomic mass is 9.73. The minimum Gasteiger partial charge on any atom is -0.394 e. The molecular formula is C16H24N2O2. The van der Waals surface area contributed by atoms with Gasteiger partial charge in [-0.25, -0.2) is 0 Å². The number of aliphatic hydroxyl groups is 1. The Hall–Kier alpha value is -1.39. The van der Waals surface area contributed by atoms with Gasteiger partial charge in [-0.3, -0.25) is 4.79 Å². The Morgan fingerprint density at radius 3 is 2.45 bits per heavy atom. The fourth-order valence-electron chi connectivity index (χ4n) is 2.98. The Morgan fingerprint density at radius 1 is 1.25 bits per heavy atom. The number of nitrogens with one attached hydrogen (secondary N) is 1. The van der Waals surface area contributed by atoms with E-state index in [4.69, 9.17) is 5.73 Å². The lowest BCUT2D eigenvalue weighted by molar-refractivity contribution is -0.133. The average molecular weight is 276 g/mol. The number of carbonyl (C=O) groups excluding carboxylic acids is 1. The van der Waals surface area contributed by atoms with Crippen molar-refractivity contribution in [2.24, 2.45) is 11.1 Å². The van der Waals surface area contributed by atoms with Gasteiger partial charge in [0.15, 0.2) is 0 Å². The Balaban J connectivity index is 2.08. The highest BCUT2D eigenvalue weighted by Gasteiger charge is 2.38. The minimum absolute atomic E-state index is 0.0115. The monoisotopic (exact) mass is 276 g/mol. The number of benzene rings is 1. The third-order valence-corrected chi connectivity index (χ3v) is 4.37. The van der Waals surface area contributed by atoms with Crippen molar-refractivity contribution in [1.29, 1.82) is 0 Å². The smallest absolute Gasteiger partial charge is 0.228 e. The van der Waals surface area contributed by atoms with E-state index in [2.05, 4.69) is 5.32 Å². The van der Waals surface area contributed by atoms with Gasteiger partial charge in [-0.15, -0.1) is 0 Å². The van der Waals surface area contributed by atoms with Gasteiger partial charge in [0.05, 0.1) is 18.1 Å². The number of amides is 1. The highest BCUT2D eigenvalue weighted by atomic mass is 16.3. The van der Waals surface area contributed by atoms with Crippen molar-refractivity contribution in [1.82, 2.24) is 5.32 Å². The van der Waals surface area contributed by atoms with Gasteiger partial charge in [-0.2, -0.15) is 0 Å². The van der Waals surface area contributed by atoms with Crippen molar-refractivity contribution < 1.29 is 9.90 Å². The first-order valence-corrected chi connectivity index (χ1v) is 7.39. The molecule has 0 aliphatic heterocycles. The fourth-order valence-corrected chi connectivity index (χ4v) is 2.98. The maximum Gasteiger partial charge on any atom is 0.228 e. The Kier molecular flexibility index (Phi) is 5.15. The summed E-state index contributed by atoms with van der Waals surface area (Å²) < 4.78 is 0. The van der Waals surface area contributed by atoms with Gasteiger partial charge in [0.25, 0.3) is 0 Å². The van der Waals surface area contributed by atoms with Gasteiger partial charge in [-0.05, 0) is 18.4 Å². The van der Waals surface area contributed by atoms with Crippen LogP contribution in [0, 0.1) is 5.41 Å². The third-order valence-electron chi connectivity index (χ3n) is 4.37. The van der Waals surface area contributed by atoms with E-state index in [9.17, 15) is 9.90 Å². The van der Waals surface area contributed by atoms with E-state index in [0.717, 1.165) is 31.2 Å². The van der Waals surface area contributed by atoms with Crippen molar-refractivity contribution in [2.75, 3.05) is 13.2 Å². The first-order chi connectivity index (χ1) is 9.72. The molecule has 0 saturated heterocycles. The summed E-state index contributed by atoms with van der Waals surface area (Å²) in [6.45, 7) is 0.280. The molecule has 2 rings (SSSR count). The molecule has 1 atom stereocenters. The predicted octanol–water partition coefficient (Wildman–Crippen LogP) is 1.75. The second-order valence-electron chi connectivity index (χ2n) is 5.66. The van der Waals surface area contributed by atoms with Crippen LogP contribution in [0.5, 0.6) is 0 Å². The number of nitrogens with two attached hydrogens (primary N) is 1. The van der Waals surface area contributed by atoms with E-state index < -0.39 is 5.41 Å². The molecule has 0 heterocycles. The molecule has 110 valence electrons. The van der Waals surface area contributed by atoms with Crippen LogP contribution in [-0.2, 0) is 4.79 Å². The Labute approximate surface area is 120 Å². The largest absolute Gasteiger partial charge is 0.394 e. The molecule has 0 aromatic heterocycles. The summed E-state index contributed by atoms with van der Waals surface area (Å²) in [6.07, 6.45) is 4.99. The maximum atomic E-state index is 12.6. The normalized spacial score (nSPS) is 19.3. The summed E-state index contributed by atoms with van der Waals surface area (Å²) in [6, 6.07) is 9.21. The topological polar surface area (TPSA) is 75.4 Å². The van der Waals surface area contributed by atoms with E-state index in [1.165, 1.54) is 6.42 Å². The van der Waals surface area contributed by atoms with Crippen molar-refractivity contribution in [2.45, 2.75) is 38.1 Å². The van der Waals surface area contributed by atoms with E-state index in [0.29, 0.717) is 6.54 Å². The first-order valence-electron chi connectivity index (χ1n) is 7.39. The third kappa shape index (κ3) is 3.19. The molecule has 0 unspecified atom stereocenters. The van der Waals surface area contributed by atoms with Gasteiger partial charge in [0.2, 0.25) is 5.91 Å². The molecule has 4 heteroatoms. The summed E-state index contributed by atoms with van der Waals surface area (Å²) in [5, 5.41) is 12.5. The molecule has 1 saturated carbocycles. The van der Waals surface area contributed by atoms with Gasteiger partial charge in [0.1, 0.15) is 0 Å². The first kappa shape index (κ1) is 15.0. The fraction of sp³-hybridized carbons (Fsp3) is 0.562. The molecule has 4 N–H and O–H groups in total. The van der Waals surface area contributed by atoms with E-state index >= 15 is 0 Å². The maximum absolute atomic E-state index is 12.6. The molecule has 1 amide bonds. The van der Waals surface area contributed by atoms with Crippen LogP contribution in [0.1, 0.15) is 43.7 Å². The number of rotatable bonds is 5. The second-order valence-corrected chi connectivity index (χ2v) is 5.66. The SMILES string of the molecule is NCC1(C(=O)N[C@@H](CO)c2ccccc2)CCCCC1. The molecule has 1 aliphatic carbocycles. The van der Waals surface area contributed by atoms with Gasteiger partial charge >= 0.3 is 0 Å². The highest BCUT2D eigenvalue weighted by Crippen LogP contribution is 2.36. The van der Waals surface area contributed by atoms with Crippen LogP contribution in [0.4, 0.5) is 0 Å². The number of hydrogen-bond acceptors (Lipinski definition) is 3. The summed E-state index contributed by atoms with van der Waals surface area (Å²) in [5.74, 6) is -0.0115. The van der Waals surface area contributed by atoms with Crippen molar-refractivity contribution in [3.63, 3.8) is 0 Å². The van der Waals surface area contributed by atoms with E-state index in [-0.39, 0.29) is 18.6 Å². The lowest BCUT2D eigenvalue weighted by Gasteiger charge is -2.36. The summed E-state index contributed by atoms with van der Waals surface area (Å²) in [5.41, 5.74) is 6.35. The summed E-state index contributed by atoms with van der Waals surface area (Å²) in [7, 11) is 0. The van der Waals surface area contributed by atoms with Crippen molar-refractivity contribution >= 4 is 5.91 Å².